The smallest absolute Gasteiger partial charge is 0.333 e. The Hall–Kier alpha value is -1.18. The second kappa shape index (κ2) is 6.83. The van der Waals surface area contributed by atoms with Gasteiger partial charge in [0.2, 0.25) is 5.91 Å². The van der Waals surface area contributed by atoms with Gasteiger partial charge in [-0.25, -0.2) is 4.79 Å². The van der Waals surface area contributed by atoms with E-state index in [1.807, 2.05) is 0 Å². The van der Waals surface area contributed by atoms with E-state index in [0.29, 0.717) is 13.0 Å². The highest BCUT2D eigenvalue weighted by molar-refractivity contribution is 5.89. The molecule has 1 aliphatic rings. The Bertz CT molecular complexity index is 336. The van der Waals surface area contributed by atoms with E-state index in [0.717, 1.165) is 6.42 Å². The number of ether oxygens (including phenoxy) is 3. The van der Waals surface area contributed by atoms with Crippen molar-refractivity contribution in [2.45, 2.75) is 37.5 Å². The van der Waals surface area contributed by atoms with Crippen LogP contribution in [0.5, 0.6) is 0 Å². The van der Waals surface area contributed by atoms with E-state index in [1.165, 1.54) is 14.2 Å². The van der Waals surface area contributed by atoms with Crippen LogP contribution in [0.4, 0.5) is 0 Å². The van der Waals surface area contributed by atoms with Crippen LogP contribution in [-0.4, -0.2) is 57.0 Å². The first-order valence-corrected chi connectivity index (χ1v) is 6.21. The number of hydrogen-bond donors (Lipinski definition) is 2. The number of esters is 1. The van der Waals surface area contributed by atoms with Gasteiger partial charge in [-0.15, -0.1) is 0 Å². The number of amides is 1. The molecule has 0 aromatic carbocycles. The fourth-order valence-corrected chi connectivity index (χ4v) is 2.08. The number of nitrogens with two attached hydrogens (primary N) is 1. The first kappa shape index (κ1) is 15.9. The lowest BCUT2D eigenvalue weighted by Crippen LogP contribution is -2.58. The quantitative estimate of drug-likeness (QED) is 0.614. The summed E-state index contributed by atoms with van der Waals surface area (Å²) in [5, 5.41) is 2.63. The molecule has 1 saturated heterocycles. The van der Waals surface area contributed by atoms with E-state index in [9.17, 15) is 9.59 Å². The minimum Gasteiger partial charge on any atom is -0.467 e. The predicted octanol–water partition coefficient (Wildman–Crippen LogP) is -0.813. The molecule has 0 spiro atoms. The molecule has 7 nitrogen and oxygen atoms in total. The Morgan fingerprint density at radius 1 is 1.42 bits per heavy atom. The van der Waals surface area contributed by atoms with Gasteiger partial charge in [0.05, 0.1) is 19.8 Å². The lowest BCUT2D eigenvalue weighted by molar-refractivity contribution is -0.154. The van der Waals surface area contributed by atoms with E-state index in [-0.39, 0.29) is 18.6 Å². The molecule has 1 amide bonds. The van der Waals surface area contributed by atoms with E-state index in [2.05, 4.69) is 10.1 Å². The SMILES string of the molecule is COCC(C)(NC(=O)[C@@H]1CC[C@H](CN)O1)C(=O)OC. The van der Waals surface area contributed by atoms with Gasteiger partial charge < -0.3 is 25.3 Å². The second-order valence-electron chi connectivity index (χ2n) is 4.81. The highest BCUT2D eigenvalue weighted by Crippen LogP contribution is 2.20. The molecule has 0 aromatic rings. The Morgan fingerprint density at radius 3 is 2.58 bits per heavy atom. The molecule has 3 N–H and O–H groups in total. The van der Waals surface area contributed by atoms with Crippen molar-refractivity contribution in [1.82, 2.24) is 5.32 Å². The Kier molecular flexibility index (Phi) is 5.71. The van der Waals surface area contributed by atoms with Gasteiger partial charge >= 0.3 is 5.97 Å². The van der Waals surface area contributed by atoms with Crippen LogP contribution in [0.25, 0.3) is 0 Å². The van der Waals surface area contributed by atoms with Crippen LogP contribution in [0.2, 0.25) is 0 Å². The molecule has 7 heteroatoms. The molecule has 1 fully saturated rings. The summed E-state index contributed by atoms with van der Waals surface area (Å²) in [6.45, 7) is 1.96. The number of rotatable bonds is 6. The molecule has 1 rings (SSSR count). The minimum absolute atomic E-state index is 0.0262. The van der Waals surface area contributed by atoms with Gasteiger partial charge in [-0.3, -0.25) is 4.79 Å². The lowest BCUT2D eigenvalue weighted by atomic mass is 10.0. The van der Waals surface area contributed by atoms with Gasteiger partial charge in [0.1, 0.15) is 6.10 Å². The zero-order valence-electron chi connectivity index (χ0n) is 11.6. The second-order valence-corrected chi connectivity index (χ2v) is 4.81. The fraction of sp³-hybridized carbons (Fsp3) is 0.833. The molecule has 0 saturated carbocycles. The van der Waals surface area contributed by atoms with E-state index in [1.54, 1.807) is 6.92 Å². The van der Waals surface area contributed by atoms with Crippen molar-refractivity contribution in [3.05, 3.63) is 0 Å². The van der Waals surface area contributed by atoms with E-state index >= 15 is 0 Å². The van der Waals surface area contributed by atoms with Crippen molar-refractivity contribution >= 4 is 11.9 Å². The number of carbonyl (C=O) groups is 2. The summed E-state index contributed by atoms with van der Waals surface area (Å²) < 4.78 is 15.1. The zero-order chi connectivity index (χ0) is 14.5. The summed E-state index contributed by atoms with van der Waals surface area (Å²) in [6.07, 6.45) is 0.670. The summed E-state index contributed by atoms with van der Waals surface area (Å²) in [6, 6.07) is 0. The molecule has 1 aliphatic heterocycles. The van der Waals surface area contributed by atoms with Gasteiger partial charge in [0.15, 0.2) is 5.54 Å². The highest BCUT2D eigenvalue weighted by Gasteiger charge is 2.39. The van der Waals surface area contributed by atoms with Crippen LogP contribution in [0.3, 0.4) is 0 Å². The molecular weight excluding hydrogens is 252 g/mol. The zero-order valence-corrected chi connectivity index (χ0v) is 11.6. The van der Waals surface area contributed by atoms with Gasteiger partial charge in [0, 0.05) is 13.7 Å². The van der Waals surface area contributed by atoms with Crippen molar-refractivity contribution in [2.75, 3.05) is 27.4 Å². The highest BCUT2D eigenvalue weighted by atomic mass is 16.5. The Morgan fingerprint density at radius 2 is 2.11 bits per heavy atom. The number of methoxy groups -OCH3 is 2. The van der Waals surface area contributed by atoms with Crippen LogP contribution >= 0.6 is 0 Å². The largest absolute Gasteiger partial charge is 0.467 e. The van der Waals surface area contributed by atoms with E-state index < -0.39 is 17.6 Å². The molecule has 3 atom stereocenters. The predicted molar refractivity (Wildman–Crippen MR) is 67.4 cm³/mol. The fourth-order valence-electron chi connectivity index (χ4n) is 2.08. The third-order valence-electron chi connectivity index (χ3n) is 3.13. The van der Waals surface area contributed by atoms with Gasteiger partial charge in [-0.05, 0) is 19.8 Å². The van der Waals surface area contributed by atoms with Crippen LogP contribution in [0.15, 0.2) is 0 Å². The Balaban J connectivity index is 2.64. The maximum absolute atomic E-state index is 12.1. The van der Waals surface area contributed by atoms with Gasteiger partial charge in [-0.2, -0.15) is 0 Å². The molecule has 110 valence electrons. The number of hydrogen-bond acceptors (Lipinski definition) is 6. The van der Waals surface area contributed by atoms with Crippen molar-refractivity contribution < 1.29 is 23.8 Å². The molecule has 19 heavy (non-hydrogen) atoms. The maximum atomic E-state index is 12.1. The Labute approximate surface area is 112 Å². The molecule has 0 bridgehead atoms. The summed E-state index contributed by atoms with van der Waals surface area (Å²) in [7, 11) is 2.71. The molecule has 1 heterocycles. The van der Waals surface area contributed by atoms with Gasteiger partial charge in [0.25, 0.3) is 0 Å². The van der Waals surface area contributed by atoms with Crippen LogP contribution in [0.1, 0.15) is 19.8 Å². The third kappa shape index (κ3) is 3.89. The average molecular weight is 274 g/mol. The standard InChI is InChI=1S/C12H22N2O5/c1-12(7-17-2,11(16)18-3)14-10(15)9-5-4-8(6-13)19-9/h8-9H,4-7,13H2,1-3H3,(H,14,15)/t8-,9+,12?/m1/s1. The topological polar surface area (TPSA) is 99.9 Å². The average Bonchev–Trinajstić information content (AvgIpc) is 2.86. The molecule has 0 aliphatic carbocycles. The molecule has 0 aromatic heterocycles. The summed E-state index contributed by atoms with van der Waals surface area (Å²) in [5.41, 5.74) is 4.27. The molecular formula is C12H22N2O5. The van der Waals surface area contributed by atoms with Gasteiger partial charge in [-0.1, -0.05) is 0 Å². The maximum Gasteiger partial charge on any atom is 0.333 e. The number of nitrogens with one attached hydrogen (secondary N) is 1. The third-order valence-corrected chi connectivity index (χ3v) is 3.13. The minimum atomic E-state index is -1.22. The summed E-state index contributed by atoms with van der Waals surface area (Å²) in [4.78, 5) is 23.8. The first-order valence-electron chi connectivity index (χ1n) is 6.21. The monoisotopic (exact) mass is 274 g/mol. The number of carbonyl (C=O) groups excluding carboxylic acids is 2. The van der Waals surface area contributed by atoms with Crippen molar-refractivity contribution in [1.29, 1.82) is 0 Å². The van der Waals surface area contributed by atoms with Crippen LogP contribution < -0.4 is 11.1 Å². The molecule has 0 radical (unpaired) electrons. The van der Waals surface area contributed by atoms with E-state index in [4.69, 9.17) is 15.2 Å². The van der Waals surface area contributed by atoms with Crippen molar-refractivity contribution in [2.24, 2.45) is 5.73 Å². The van der Waals surface area contributed by atoms with Crippen molar-refractivity contribution in [3.8, 4) is 0 Å². The normalized spacial score (nSPS) is 25.7. The lowest BCUT2D eigenvalue weighted by Gasteiger charge is -2.28. The first-order chi connectivity index (χ1) is 8.96. The van der Waals surface area contributed by atoms with Crippen LogP contribution in [0, 0.1) is 0 Å². The van der Waals surface area contributed by atoms with Crippen LogP contribution in [-0.2, 0) is 23.8 Å². The van der Waals surface area contributed by atoms with Crippen molar-refractivity contribution in [3.63, 3.8) is 0 Å². The summed E-state index contributed by atoms with van der Waals surface area (Å²) in [5.74, 6) is -0.906. The molecule has 1 unspecified atom stereocenters. The summed E-state index contributed by atoms with van der Waals surface area (Å²) >= 11 is 0.